The Morgan fingerprint density at radius 1 is 1.28 bits per heavy atom. The summed E-state index contributed by atoms with van der Waals surface area (Å²) in [6.45, 7) is 0.188. The Balaban J connectivity index is 1.86. The minimum Gasteiger partial charge on any atom is -0.461 e. The van der Waals surface area contributed by atoms with Gasteiger partial charge in [0, 0.05) is 12.1 Å². The highest BCUT2D eigenvalue weighted by Gasteiger charge is 2.23. The lowest BCUT2D eigenvalue weighted by molar-refractivity contribution is -0.384. The number of nitrogens with zero attached hydrogens (tertiary/aromatic N) is 1. The maximum Gasteiger partial charge on any atom is 0.309 e. The van der Waals surface area contributed by atoms with E-state index in [2.05, 4.69) is 0 Å². The molecule has 96 valence electrons. The van der Waals surface area contributed by atoms with Crippen molar-refractivity contribution in [1.82, 2.24) is 0 Å². The average molecular weight is 249 g/mol. The Hall–Kier alpha value is -1.91. The van der Waals surface area contributed by atoms with Crippen molar-refractivity contribution in [3.05, 3.63) is 39.9 Å². The fourth-order valence-corrected chi connectivity index (χ4v) is 2.15. The van der Waals surface area contributed by atoms with Gasteiger partial charge in [0.15, 0.2) is 0 Å². The van der Waals surface area contributed by atoms with E-state index in [1.54, 1.807) is 12.1 Å². The lowest BCUT2D eigenvalue weighted by atomic mass is 10.1. The molecule has 0 aromatic heterocycles. The fourth-order valence-electron chi connectivity index (χ4n) is 2.15. The smallest absolute Gasteiger partial charge is 0.309 e. The van der Waals surface area contributed by atoms with E-state index in [4.69, 9.17) is 4.74 Å². The molecule has 5 heteroatoms. The van der Waals surface area contributed by atoms with Crippen molar-refractivity contribution in [3.63, 3.8) is 0 Å². The topological polar surface area (TPSA) is 69.4 Å². The Labute approximate surface area is 105 Å². The standard InChI is InChI=1S/C13H15NO4/c15-13(11-3-1-2-4-11)18-9-10-5-7-12(8-6-10)14(16)17/h5-8,11H,1-4,9H2. The van der Waals surface area contributed by atoms with Gasteiger partial charge in [-0.1, -0.05) is 12.8 Å². The number of nitro groups is 1. The van der Waals surface area contributed by atoms with Gasteiger partial charge in [0.25, 0.3) is 5.69 Å². The van der Waals surface area contributed by atoms with Crippen molar-refractivity contribution < 1.29 is 14.5 Å². The van der Waals surface area contributed by atoms with Gasteiger partial charge in [-0.15, -0.1) is 0 Å². The normalized spacial score (nSPS) is 15.6. The molecule has 0 aliphatic heterocycles. The summed E-state index contributed by atoms with van der Waals surface area (Å²) in [7, 11) is 0. The zero-order valence-electron chi connectivity index (χ0n) is 10.0. The van der Waals surface area contributed by atoms with Crippen molar-refractivity contribution in [2.45, 2.75) is 32.3 Å². The van der Waals surface area contributed by atoms with Crippen molar-refractivity contribution in [1.29, 1.82) is 0 Å². The van der Waals surface area contributed by atoms with Crippen molar-refractivity contribution >= 4 is 11.7 Å². The Kier molecular flexibility index (Phi) is 3.92. The van der Waals surface area contributed by atoms with Gasteiger partial charge >= 0.3 is 5.97 Å². The lowest BCUT2D eigenvalue weighted by Crippen LogP contribution is -2.14. The maximum absolute atomic E-state index is 11.7. The molecular formula is C13H15NO4. The number of benzene rings is 1. The summed E-state index contributed by atoms with van der Waals surface area (Å²) in [6, 6.07) is 6.05. The summed E-state index contributed by atoms with van der Waals surface area (Å²) in [5.41, 5.74) is 0.813. The number of hydrogen-bond acceptors (Lipinski definition) is 4. The zero-order valence-corrected chi connectivity index (χ0v) is 10.0. The first kappa shape index (κ1) is 12.5. The van der Waals surface area contributed by atoms with E-state index in [1.165, 1.54) is 12.1 Å². The van der Waals surface area contributed by atoms with E-state index in [1.807, 2.05) is 0 Å². The van der Waals surface area contributed by atoms with Crippen LogP contribution in [0.1, 0.15) is 31.2 Å². The number of ether oxygens (including phenoxy) is 1. The molecule has 0 radical (unpaired) electrons. The fraction of sp³-hybridized carbons (Fsp3) is 0.462. The zero-order chi connectivity index (χ0) is 13.0. The molecule has 1 aromatic rings. The molecule has 18 heavy (non-hydrogen) atoms. The molecule has 0 amide bonds. The third-order valence-corrected chi connectivity index (χ3v) is 3.22. The van der Waals surface area contributed by atoms with Gasteiger partial charge in [0.2, 0.25) is 0 Å². The Morgan fingerprint density at radius 3 is 2.44 bits per heavy atom. The third kappa shape index (κ3) is 3.06. The van der Waals surface area contributed by atoms with Gasteiger partial charge in [0.1, 0.15) is 6.61 Å². The van der Waals surface area contributed by atoms with Gasteiger partial charge in [-0.25, -0.2) is 0 Å². The summed E-state index contributed by atoms with van der Waals surface area (Å²) in [4.78, 5) is 21.7. The summed E-state index contributed by atoms with van der Waals surface area (Å²) in [5.74, 6) is -0.103. The summed E-state index contributed by atoms with van der Waals surface area (Å²) >= 11 is 0. The third-order valence-electron chi connectivity index (χ3n) is 3.22. The van der Waals surface area contributed by atoms with Crippen molar-refractivity contribution in [2.75, 3.05) is 0 Å². The van der Waals surface area contributed by atoms with E-state index >= 15 is 0 Å². The molecule has 1 aromatic carbocycles. The molecule has 0 unspecified atom stereocenters. The highest BCUT2D eigenvalue weighted by Crippen LogP contribution is 2.26. The predicted octanol–water partition coefficient (Wildman–Crippen LogP) is 2.83. The van der Waals surface area contributed by atoms with Crippen LogP contribution in [0.2, 0.25) is 0 Å². The largest absolute Gasteiger partial charge is 0.461 e. The van der Waals surface area contributed by atoms with Crippen LogP contribution in [-0.2, 0) is 16.1 Å². The molecule has 2 rings (SSSR count). The minimum atomic E-state index is -0.450. The first-order valence-electron chi connectivity index (χ1n) is 6.07. The molecule has 0 spiro atoms. The average Bonchev–Trinajstić information content (AvgIpc) is 2.90. The lowest BCUT2D eigenvalue weighted by Gasteiger charge is -2.09. The van der Waals surface area contributed by atoms with Gasteiger partial charge in [-0.3, -0.25) is 14.9 Å². The van der Waals surface area contributed by atoms with Crippen LogP contribution < -0.4 is 0 Å². The van der Waals surface area contributed by atoms with Gasteiger partial charge < -0.3 is 4.74 Å². The van der Waals surface area contributed by atoms with E-state index in [-0.39, 0.29) is 24.2 Å². The molecule has 0 N–H and O–H groups in total. The molecule has 1 aliphatic carbocycles. The number of esters is 1. The minimum absolute atomic E-state index is 0.0425. The number of nitro benzene ring substituents is 1. The summed E-state index contributed by atoms with van der Waals surface area (Å²) < 4.78 is 5.20. The van der Waals surface area contributed by atoms with E-state index in [9.17, 15) is 14.9 Å². The van der Waals surface area contributed by atoms with Crippen LogP contribution in [0.3, 0.4) is 0 Å². The number of hydrogen-bond donors (Lipinski definition) is 0. The molecule has 1 saturated carbocycles. The van der Waals surface area contributed by atoms with Gasteiger partial charge in [-0.05, 0) is 30.5 Å². The quantitative estimate of drug-likeness (QED) is 0.467. The van der Waals surface area contributed by atoms with Crippen LogP contribution in [0, 0.1) is 16.0 Å². The Bertz CT molecular complexity index is 435. The number of rotatable bonds is 4. The second-order valence-electron chi connectivity index (χ2n) is 4.51. The van der Waals surface area contributed by atoms with Crippen LogP contribution in [0.4, 0.5) is 5.69 Å². The van der Waals surface area contributed by atoms with Gasteiger partial charge in [0.05, 0.1) is 10.8 Å². The molecule has 1 aliphatic rings. The summed E-state index contributed by atoms with van der Waals surface area (Å²) in [6.07, 6.45) is 4.02. The van der Waals surface area contributed by atoms with Crippen LogP contribution in [0.15, 0.2) is 24.3 Å². The second-order valence-corrected chi connectivity index (χ2v) is 4.51. The van der Waals surface area contributed by atoms with Crippen molar-refractivity contribution in [3.8, 4) is 0 Å². The van der Waals surface area contributed by atoms with Crippen LogP contribution in [0.5, 0.6) is 0 Å². The van der Waals surface area contributed by atoms with E-state index < -0.39 is 4.92 Å². The highest BCUT2D eigenvalue weighted by molar-refractivity contribution is 5.72. The molecule has 5 nitrogen and oxygen atoms in total. The summed E-state index contributed by atoms with van der Waals surface area (Å²) in [5, 5.41) is 10.5. The monoisotopic (exact) mass is 249 g/mol. The molecule has 0 saturated heterocycles. The molecule has 0 bridgehead atoms. The first-order valence-corrected chi connectivity index (χ1v) is 6.07. The molecule has 0 heterocycles. The highest BCUT2D eigenvalue weighted by atomic mass is 16.6. The van der Waals surface area contributed by atoms with Gasteiger partial charge in [-0.2, -0.15) is 0 Å². The number of carbonyl (C=O) groups is 1. The van der Waals surface area contributed by atoms with E-state index in [0.717, 1.165) is 31.2 Å². The second kappa shape index (κ2) is 5.62. The SMILES string of the molecule is O=C(OCc1ccc([N+](=O)[O-])cc1)C1CCCC1. The molecular weight excluding hydrogens is 234 g/mol. The first-order chi connectivity index (χ1) is 8.66. The van der Waals surface area contributed by atoms with Crippen LogP contribution >= 0.6 is 0 Å². The van der Waals surface area contributed by atoms with Crippen molar-refractivity contribution in [2.24, 2.45) is 5.92 Å². The maximum atomic E-state index is 11.7. The molecule has 1 fully saturated rings. The molecule has 0 atom stereocenters. The van der Waals surface area contributed by atoms with E-state index in [0.29, 0.717) is 0 Å². The number of non-ortho nitro benzene ring substituents is 1. The van der Waals surface area contributed by atoms with Crippen LogP contribution in [-0.4, -0.2) is 10.9 Å². The van der Waals surface area contributed by atoms with Crippen LogP contribution in [0.25, 0.3) is 0 Å². The predicted molar refractivity (Wildman–Crippen MR) is 64.9 cm³/mol. The number of carbonyl (C=O) groups excluding carboxylic acids is 1. The Morgan fingerprint density at radius 2 is 1.89 bits per heavy atom.